The van der Waals surface area contributed by atoms with Crippen molar-refractivity contribution in [2.75, 3.05) is 5.32 Å². The number of carbonyl (C=O) groups is 1. The van der Waals surface area contributed by atoms with Crippen molar-refractivity contribution in [3.8, 4) is 11.4 Å². The average Bonchev–Trinajstić information content (AvgIpc) is 3.34. The van der Waals surface area contributed by atoms with Crippen LogP contribution in [0.3, 0.4) is 0 Å². The summed E-state index contributed by atoms with van der Waals surface area (Å²) in [5.74, 6) is 1.12. The van der Waals surface area contributed by atoms with Crippen LogP contribution in [0.4, 0.5) is 15.9 Å². The topological polar surface area (TPSA) is 97.1 Å². The minimum Gasteiger partial charge on any atom is -0.348 e. The number of nitrogens with zero attached hydrogens (tertiary/aromatic N) is 5. The first-order chi connectivity index (χ1) is 17.6. The van der Waals surface area contributed by atoms with E-state index in [0.717, 1.165) is 29.8 Å². The second kappa shape index (κ2) is 10.3. The summed E-state index contributed by atoms with van der Waals surface area (Å²) >= 11 is 0. The number of aryl methyl sites for hydroxylation is 1. The van der Waals surface area contributed by atoms with Crippen molar-refractivity contribution >= 4 is 23.2 Å². The normalized spacial score (nSPS) is 10.9. The van der Waals surface area contributed by atoms with Gasteiger partial charge in [0.2, 0.25) is 0 Å². The van der Waals surface area contributed by atoms with Gasteiger partial charge in [-0.2, -0.15) is 9.50 Å². The Bertz CT molecular complexity index is 1500. The first kappa shape index (κ1) is 23.1. The molecule has 0 aliphatic carbocycles. The highest BCUT2D eigenvalue weighted by Gasteiger charge is 2.14. The maximum absolute atomic E-state index is 13.8. The predicted molar refractivity (Wildman–Crippen MR) is 135 cm³/mol. The lowest BCUT2D eigenvalue weighted by Gasteiger charge is -2.11. The van der Waals surface area contributed by atoms with Gasteiger partial charge in [-0.05, 0) is 48.9 Å². The van der Waals surface area contributed by atoms with E-state index in [4.69, 9.17) is 0 Å². The summed E-state index contributed by atoms with van der Waals surface area (Å²) in [7, 11) is 0. The van der Waals surface area contributed by atoms with Gasteiger partial charge in [0.25, 0.3) is 11.7 Å². The highest BCUT2D eigenvalue weighted by molar-refractivity contribution is 5.94. The molecule has 0 radical (unpaired) electrons. The Morgan fingerprint density at radius 3 is 2.61 bits per heavy atom. The molecule has 0 aliphatic rings. The van der Waals surface area contributed by atoms with Gasteiger partial charge in [-0.3, -0.25) is 9.78 Å². The first-order valence-corrected chi connectivity index (χ1v) is 11.7. The summed E-state index contributed by atoms with van der Waals surface area (Å²) in [5, 5.41) is 10.8. The molecule has 3 heterocycles. The number of halogens is 1. The number of aromatic nitrogens is 5. The van der Waals surface area contributed by atoms with Crippen molar-refractivity contribution in [2.24, 2.45) is 0 Å². The molecule has 180 valence electrons. The third-order valence-corrected chi connectivity index (χ3v) is 5.61. The molecule has 3 aromatic heterocycles. The fraction of sp³-hybridized carbons (Fsp3) is 0.148. The quantitative estimate of drug-likeness (QED) is 0.325. The number of anilines is 2. The van der Waals surface area contributed by atoms with Crippen LogP contribution in [0.15, 0.2) is 79.1 Å². The summed E-state index contributed by atoms with van der Waals surface area (Å²) in [4.78, 5) is 25.9. The van der Waals surface area contributed by atoms with Gasteiger partial charge in [0, 0.05) is 53.1 Å². The third-order valence-electron chi connectivity index (χ3n) is 5.61. The molecule has 0 saturated heterocycles. The van der Waals surface area contributed by atoms with Gasteiger partial charge in [0.05, 0.1) is 0 Å². The van der Waals surface area contributed by atoms with Crippen LogP contribution in [0, 0.1) is 5.82 Å². The summed E-state index contributed by atoms with van der Waals surface area (Å²) < 4.78 is 15.5. The molecular weight excluding hydrogens is 457 g/mol. The van der Waals surface area contributed by atoms with Crippen LogP contribution in [0.2, 0.25) is 0 Å². The number of fused-ring (bicyclic) bond motifs is 1. The lowest BCUT2D eigenvalue weighted by Crippen LogP contribution is -2.23. The van der Waals surface area contributed by atoms with Crippen molar-refractivity contribution in [2.45, 2.75) is 26.3 Å². The van der Waals surface area contributed by atoms with Crippen LogP contribution in [0.25, 0.3) is 17.2 Å². The molecule has 5 aromatic rings. The van der Waals surface area contributed by atoms with E-state index in [0.29, 0.717) is 28.5 Å². The van der Waals surface area contributed by atoms with Gasteiger partial charge in [-0.15, -0.1) is 5.10 Å². The fourth-order valence-corrected chi connectivity index (χ4v) is 3.78. The van der Waals surface area contributed by atoms with Crippen LogP contribution >= 0.6 is 0 Å². The first-order valence-electron chi connectivity index (χ1n) is 11.7. The van der Waals surface area contributed by atoms with Crippen LogP contribution in [0.1, 0.15) is 35.0 Å². The Morgan fingerprint density at radius 2 is 1.86 bits per heavy atom. The molecule has 2 N–H and O–H groups in total. The van der Waals surface area contributed by atoms with Gasteiger partial charge >= 0.3 is 0 Å². The SMILES string of the molecule is CCCc1cc(Nc2ccc(C(=O)NCc3ccccc3F)cc2)n2nc(-c3cccnc3)nc2n1. The molecule has 0 bridgehead atoms. The molecule has 9 heteroatoms. The van der Waals surface area contributed by atoms with E-state index >= 15 is 0 Å². The third kappa shape index (κ3) is 5.05. The Kier molecular flexibility index (Phi) is 6.61. The molecular formula is C27H24FN7O. The van der Waals surface area contributed by atoms with Crippen LogP contribution in [-0.4, -0.2) is 30.5 Å². The van der Waals surface area contributed by atoms with E-state index in [1.807, 2.05) is 30.3 Å². The highest BCUT2D eigenvalue weighted by Crippen LogP contribution is 2.22. The Morgan fingerprint density at radius 1 is 1.03 bits per heavy atom. The smallest absolute Gasteiger partial charge is 0.254 e. The minimum atomic E-state index is -0.344. The van der Waals surface area contributed by atoms with Gasteiger partial charge in [0.1, 0.15) is 11.6 Å². The Balaban J connectivity index is 1.36. The van der Waals surface area contributed by atoms with E-state index in [1.165, 1.54) is 6.07 Å². The molecule has 2 aromatic carbocycles. The van der Waals surface area contributed by atoms with Gasteiger partial charge in [-0.25, -0.2) is 9.37 Å². The molecule has 0 atom stereocenters. The van der Waals surface area contributed by atoms with Crippen molar-refractivity contribution in [1.82, 2.24) is 29.9 Å². The van der Waals surface area contributed by atoms with Crippen molar-refractivity contribution < 1.29 is 9.18 Å². The van der Waals surface area contributed by atoms with Crippen molar-refractivity contribution in [1.29, 1.82) is 0 Å². The van der Waals surface area contributed by atoms with E-state index in [-0.39, 0.29) is 18.3 Å². The van der Waals surface area contributed by atoms with Gasteiger partial charge in [-0.1, -0.05) is 31.5 Å². The molecule has 0 saturated carbocycles. The van der Waals surface area contributed by atoms with Crippen molar-refractivity contribution in [3.63, 3.8) is 0 Å². The molecule has 36 heavy (non-hydrogen) atoms. The second-order valence-corrected chi connectivity index (χ2v) is 8.25. The Hall–Kier alpha value is -4.66. The molecule has 0 fully saturated rings. The number of hydrogen-bond acceptors (Lipinski definition) is 6. The number of carbonyl (C=O) groups excluding carboxylic acids is 1. The van der Waals surface area contributed by atoms with E-state index in [2.05, 4.69) is 37.6 Å². The standard InChI is InChI=1S/C27H24FN7O/c1-2-6-22-15-24(35-27(32-22)33-25(34-35)20-8-5-14-29-16-20)31-21-12-10-18(11-13-21)26(36)30-17-19-7-3-4-9-23(19)28/h3-5,7-16,31H,2,6,17H2,1H3,(H,30,36). The summed E-state index contributed by atoms with van der Waals surface area (Å²) in [6.45, 7) is 2.21. The monoisotopic (exact) mass is 481 g/mol. The maximum Gasteiger partial charge on any atom is 0.254 e. The molecule has 0 unspecified atom stereocenters. The number of rotatable bonds is 8. The maximum atomic E-state index is 13.8. The zero-order valence-electron chi connectivity index (χ0n) is 19.6. The zero-order chi connectivity index (χ0) is 24.9. The Labute approximate surface area is 207 Å². The number of benzene rings is 2. The summed E-state index contributed by atoms with van der Waals surface area (Å²) in [5.41, 5.74) is 3.39. The van der Waals surface area contributed by atoms with Crippen molar-refractivity contribution in [3.05, 3.63) is 102 Å². The molecule has 8 nitrogen and oxygen atoms in total. The van der Waals surface area contributed by atoms with Gasteiger partial charge in [0.15, 0.2) is 5.82 Å². The minimum absolute atomic E-state index is 0.117. The van der Waals surface area contributed by atoms with E-state index < -0.39 is 0 Å². The summed E-state index contributed by atoms with van der Waals surface area (Å²) in [6.07, 6.45) is 5.17. The zero-order valence-corrected chi connectivity index (χ0v) is 19.6. The molecule has 0 aliphatic heterocycles. The van der Waals surface area contributed by atoms with Crippen LogP contribution in [-0.2, 0) is 13.0 Å². The van der Waals surface area contributed by atoms with E-state index in [9.17, 15) is 9.18 Å². The lowest BCUT2D eigenvalue weighted by atomic mass is 10.1. The second-order valence-electron chi connectivity index (χ2n) is 8.25. The van der Waals surface area contributed by atoms with Crippen LogP contribution in [0.5, 0.6) is 0 Å². The lowest BCUT2D eigenvalue weighted by molar-refractivity contribution is 0.0950. The largest absolute Gasteiger partial charge is 0.348 e. The number of nitrogens with one attached hydrogen (secondary N) is 2. The van der Waals surface area contributed by atoms with Crippen LogP contribution < -0.4 is 10.6 Å². The number of amides is 1. The van der Waals surface area contributed by atoms with E-state index in [1.54, 1.807) is 47.2 Å². The highest BCUT2D eigenvalue weighted by atomic mass is 19.1. The fourth-order valence-electron chi connectivity index (χ4n) is 3.78. The predicted octanol–water partition coefficient (Wildman–Crippen LogP) is 4.95. The number of pyridine rings is 1. The summed E-state index contributed by atoms with van der Waals surface area (Å²) in [6, 6.07) is 19.1. The molecule has 5 rings (SSSR count). The number of hydrogen-bond donors (Lipinski definition) is 2. The average molecular weight is 482 g/mol. The molecule has 0 spiro atoms. The molecule has 1 amide bonds. The van der Waals surface area contributed by atoms with Gasteiger partial charge < -0.3 is 10.6 Å².